The maximum Gasteiger partial charge on any atom is 0.436 e. The number of aryl methyl sites for hydroxylation is 2. The molecule has 3 rings (SSSR count). The Balaban J connectivity index is 1.90. The van der Waals surface area contributed by atoms with Crippen LogP contribution < -0.4 is 5.32 Å². The van der Waals surface area contributed by atoms with Gasteiger partial charge in [0, 0.05) is 12.1 Å². The SMILES string of the molecule is Cc1nn(Cc2ccc(F)cc2Cl)c(C)c1NC(=O)c1c(Br)c(C(F)(F)F)nn1C. The van der Waals surface area contributed by atoms with E-state index in [0.29, 0.717) is 22.6 Å². The average molecular weight is 509 g/mol. The lowest BCUT2D eigenvalue weighted by Gasteiger charge is -2.09. The molecule has 0 aliphatic heterocycles. The molecule has 0 spiro atoms. The molecule has 1 amide bonds. The van der Waals surface area contributed by atoms with Crippen LogP contribution in [0.3, 0.4) is 0 Å². The number of aromatic nitrogens is 4. The van der Waals surface area contributed by atoms with Crippen molar-refractivity contribution in [2.45, 2.75) is 26.6 Å². The topological polar surface area (TPSA) is 64.7 Å². The number of nitrogens with one attached hydrogen (secondary N) is 1. The first-order valence-corrected chi connectivity index (χ1v) is 9.66. The average Bonchev–Trinajstić information content (AvgIpc) is 3.07. The normalized spacial score (nSPS) is 11.8. The molecule has 3 aromatic rings. The number of anilines is 1. The predicted molar refractivity (Wildman–Crippen MR) is 106 cm³/mol. The highest BCUT2D eigenvalue weighted by Crippen LogP contribution is 2.36. The maximum atomic E-state index is 13.2. The number of hydrogen-bond donors (Lipinski definition) is 1. The van der Waals surface area contributed by atoms with Crippen LogP contribution in [0.15, 0.2) is 22.7 Å². The fraction of sp³-hybridized carbons (Fsp3) is 0.278. The molecule has 0 bridgehead atoms. The minimum absolute atomic E-state index is 0.218. The minimum atomic E-state index is -4.71. The number of amides is 1. The lowest BCUT2D eigenvalue weighted by Crippen LogP contribution is -2.17. The van der Waals surface area contributed by atoms with Gasteiger partial charge in [-0.25, -0.2) is 4.39 Å². The molecule has 0 unspecified atom stereocenters. The van der Waals surface area contributed by atoms with Crippen molar-refractivity contribution in [1.29, 1.82) is 0 Å². The van der Waals surface area contributed by atoms with Crippen LogP contribution in [0, 0.1) is 19.7 Å². The second kappa shape index (κ2) is 8.03. The van der Waals surface area contributed by atoms with E-state index in [1.807, 2.05) is 0 Å². The lowest BCUT2D eigenvalue weighted by molar-refractivity contribution is -0.142. The molecule has 0 saturated heterocycles. The van der Waals surface area contributed by atoms with Crippen molar-refractivity contribution in [1.82, 2.24) is 19.6 Å². The molecule has 0 saturated carbocycles. The number of carbonyl (C=O) groups excluding carboxylic acids is 1. The van der Waals surface area contributed by atoms with Gasteiger partial charge < -0.3 is 5.32 Å². The standard InChI is InChI=1S/C18H15BrClF4N5O/c1-8-14(9(2)29(26-8)7-10-4-5-11(21)6-12(10)20)25-17(30)15-13(19)16(18(22,23)24)27-28(15)3/h4-6H,7H2,1-3H3,(H,25,30). The Bertz CT molecular complexity index is 1140. The fourth-order valence-corrected chi connectivity index (χ4v) is 3.91. The number of rotatable bonds is 4. The van der Waals surface area contributed by atoms with E-state index in [2.05, 4.69) is 31.4 Å². The van der Waals surface area contributed by atoms with Gasteiger partial charge in [-0.1, -0.05) is 17.7 Å². The van der Waals surface area contributed by atoms with Crippen molar-refractivity contribution in [3.05, 3.63) is 61.9 Å². The summed E-state index contributed by atoms with van der Waals surface area (Å²) in [5, 5.41) is 10.6. The second-order valence-electron chi connectivity index (χ2n) is 6.53. The highest BCUT2D eigenvalue weighted by molar-refractivity contribution is 9.10. The smallest absolute Gasteiger partial charge is 0.317 e. The van der Waals surface area contributed by atoms with Gasteiger partial charge in [-0.3, -0.25) is 14.2 Å². The third-order valence-electron chi connectivity index (χ3n) is 4.43. The number of benzene rings is 1. The molecule has 6 nitrogen and oxygen atoms in total. The maximum absolute atomic E-state index is 13.2. The molecule has 30 heavy (non-hydrogen) atoms. The molecule has 2 aromatic heterocycles. The zero-order chi connectivity index (χ0) is 22.4. The third kappa shape index (κ3) is 4.22. The fourth-order valence-electron chi connectivity index (χ4n) is 2.94. The summed E-state index contributed by atoms with van der Waals surface area (Å²) in [6.45, 7) is 3.55. The van der Waals surface area contributed by atoms with Crippen molar-refractivity contribution in [2.75, 3.05) is 5.32 Å². The number of halogens is 6. The van der Waals surface area contributed by atoms with Crippen molar-refractivity contribution in [3.8, 4) is 0 Å². The van der Waals surface area contributed by atoms with Crippen LogP contribution >= 0.6 is 27.5 Å². The molecular formula is C18H15BrClF4N5O. The predicted octanol–water partition coefficient (Wildman–Crippen LogP) is 5.11. The van der Waals surface area contributed by atoms with Crippen molar-refractivity contribution in [2.24, 2.45) is 7.05 Å². The highest BCUT2D eigenvalue weighted by Gasteiger charge is 2.39. The molecule has 0 fully saturated rings. The number of hydrogen-bond acceptors (Lipinski definition) is 3. The molecular weight excluding hydrogens is 494 g/mol. The number of carbonyl (C=O) groups is 1. The molecule has 0 atom stereocenters. The monoisotopic (exact) mass is 507 g/mol. The number of alkyl halides is 3. The van der Waals surface area contributed by atoms with Gasteiger partial charge in [-0.15, -0.1) is 0 Å². The van der Waals surface area contributed by atoms with Gasteiger partial charge in [0.2, 0.25) is 0 Å². The van der Waals surface area contributed by atoms with Gasteiger partial charge in [-0.2, -0.15) is 23.4 Å². The third-order valence-corrected chi connectivity index (χ3v) is 5.53. The summed E-state index contributed by atoms with van der Waals surface area (Å²) in [5.74, 6) is -1.25. The Labute approximate surface area is 181 Å². The van der Waals surface area contributed by atoms with E-state index in [-0.39, 0.29) is 17.3 Å². The Hall–Kier alpha value is -2.40. The molecule has 12 heteroatoms. The summed E-state index contributed by atoms with van der Waals surface area (Å²) in [7, 11) is 1.24. The zero-order valence-electron chi connectivity index (χ0n) is 15.9. The zero-order valence-corrected chi connectivity index (χ0v) is 18.2. The van der Waals surface area contributed by atoms with Crippen LogP contribution in [0.5, 0.6) is 0 Å². The van der Waals surface area contributed by atoms with Crippen molar-refractivity contribution >= 4 is 39.1 Å². The summed E-state index contributed by atoms with van der Waals surface area (Å²) < 4.78 is 54.3. The molecule has 0 radical (unpaired) electrons. The van der Waals surface area contributed by atoms with Gasteiger partial charge in [0.15, 0.2) is 5.69 Å². The molecule has 1 aromatic carbocycles. The first-order valence-electron chi connectivity index (χ1n) is 8.49. The minimum Gasteiger partial charge on any atom is -0.317 e. The molecule has 1 N–H and O–H groups in total. The molecule has 160 valence electrons. The highest BCUT2D eigenvalue weighted by atomic mass is 79.9. The first-order chi connectivity index (χ1) is 13.9. The van der Waals surface area contributed by atoms with Crippen LogP contribution in [-0.4, -0.2) is 25.5 Å². The quantitative estimate of drug-likeness (QED) is 0.498. The Morgan fingerprint density at radius 3 is 2.50 bits per heavy atom. The summed E-state index contributed by atoms with van der Waals surface area (Å²) in [6.07, 6.45) is -4.71. The van der Waals surface area contributed by atoms with E-state index >= 15 is 0 Å². The summed E-state index contributed by atoms with van der Waals surface area (Å²) in [6, 6.07) is 3.98. The summed E-state index contributed by atoms with van der Waals surface area (Å²) >= 11 is 8.88. The Kier molecular flexibility index (Phi) is 5.96. The van der Waals surface area contributed by atoms with E-state index in [0.717, 1.165) is 4.68 Å². The number of nitrogens with zero attached hydrogens (tertiary/aromatic N) is 4. The van der Waals surface area contributed by atoms with E-state index in [1.165, 1.54) is 25.2 Å². The Morgan fingerprint density at radius 1 is 1.27 bits per heavy atom. The largest absolute Gasteiger partial charge is 0.436 e. The van der Waals surface area contributed by atoms with Gasteiger partial charge in [0.25, 0.3) is 5.91 Å². The summed E-state index contributed by atoms with van der Waals surface area (Å²) in [4.78, 5) is 12.7. The molecule has 0 aliphatic rings. The molecule has 2 heterocycles. The van der Waals surface area contributed by atoms with Gasteiger partial charge in [0.1, 0.15) is 11.5 Å². The van der Waals surface area contributed by atoms with Gasteiger partial charge >= 0.3 is 6.18 Å². The first kappa shape index (κ1) is 22.3. The van der Waals surface area contributed by atoms with E-state index < -0.39 is 28.1 Å². The second-order valence-corrected chi connectivity index (χ2v) is 7.73. The van der Waals surface area contributed by atoms with Crippen LogP contribution in [0.4, 0.5) is 23.2 Å². The van der Waals surface area contributed by atoms with Crippen LogP contribution in [0.1, 0.15) is 33.1 Å². The summed E-state index contributed by atoms with van der Waals surface area (Å²) in [5.41, 5.74) is 0.496. The van der Waals surface area contributed by atoms with Crippen LogP contribution in [0.25, 0.3) is 0 Å². The van der Waals surface area contributed by atoms with Gasteiger partial charge in [0.05, 0.1) is 28.1 Å². The van der Waals surface area contributed by atoms with E-state index in [9.17, 15) is 22.4 Å². The van der Waals surface area contributed by atoms with Crippen molar-refractivity contribution < 1.29 is 22.4 Å². The van der Waals surface area contributed by atoms with E-state index in [4.69, 9.17) is 11.6 Å². The van der Waals surface area contributed by atoms with Crippen LogP contribution in [-0.2, 0) is 19.8 Å². The van der Waals surface area contributed by atoms with Crippen molar-refractivity contribution in [3.63, 3.8) is 0 Å². The van der Waals surface area contributed by atoms with E-state index in [1.54, 1.807) is 18.5 Å². The van der Waals surface area contributed by atoms with Gasteiger partial charge in [-0.05, 0) is 47.5 Å². The molecule has 0 aliphatic carbocycles. The Morgan fingerprint density at radius 2 is 1.93 bits per heavy atom. The lowest BCUT2D eigenvalue weighted by atomic mass is 10.2. The van der Waals surface area contributed by atoms with Crippen LogP contribution in [0.2, 0.25) is 5.02 Å².